The molecule has 0 spiro atoms. The van der Waals surface area contributed by atoms with Crippen LogP contribution >= 0.6 is 0 Å². The number of hydrogen-bond acceptors (Lipinski definition) is 2. The fourth-order valence-electron chi connectivity index (χ4n) is 2.18. The van der Waals surface area contributed by atoms with Gasteiger partial charge in [0.15, 0.2) is 0 Å². The van der Waals surface area contributed by atoms with Gasteiger partial charge in [0.25, 0.3) is 0 Å². The third kappa shape index (κ3) is 5.24. The Labute approximate surface area is 128 Å². The normalized spacial score (nSPS) is 10.9. The summed E-state index contributed by atoms with van der Waals surface area (Å²) in [6.07, 6.45) is 0. The van der Waals surface area contributed by atoms with Crippen molar-refractivity contribution in [2.75, 3.05) is 6.54 Å². The Morgan fingerprint density at radius 1 is 1.05 bits per heavy atom. The lowest BCUT2D eigenvalue weighted by Gasteiger charge is -2.11. The number of ether oxygens (including phenoxy) is 1. The van der Waals surface area contributed by atoms with Crippen LogP contribution in [0, 0.1) is 12.8 Å². The molecule has 0 bridgehead atoms. The number of aryl methyl sites for hydroxylation is 1. The molecule has 2 aromatic rings. The molecule has 0 aliphatic carbocycles. The fourth-order valence-corrected chi connectivity index (χ4v) is 2.18. The molecule has 0 amide bonds. The second-order valence-electron chi connectivity index (χ2n) is 5.89. The average Bonchev–Trinajstić information content (AvgIpc) is 2.46. The van der Waals surface area contributed by atoms with E-state index in [0.717, 1.165) is 18.8 Å². The van der Waals surface area contributed by atoms with E-state index >= 15 is 0 Å². The summed E-state index contributed by atoms with van der Waals surface area (Å²) < 4.78 is 5.91. The first-order chi connectivity index (χ1) is 10.1. The van der Waals surface area contributed by atoms with Crippen LogP contribution in [0.3, 0.4) is 0 Å². The van der Waals surface area contributed by atoms with Gasteiger partial charge in [-0.3, -0.25) is 0 Å². The van der Waals surface area contributed by atoms with Crippen LogP contribution in [0.15, 0.2) is 48.5 Å². The summed E-state index contributed by atoms with van der Waals surface area (Å²) in [6, 6.07) is 16.7. The van der Waals surface area contributed by atoms with Gasteiger partial charge >= 0.3 is 0 Å². The van der Waals surface area contributed by atoms with Crippen molar-refractivity contribution < 1.29 is 4.74 Å². The van der Waals surface area contributed by atoms with E-state index in [0.29, 0.717) is 12.5 Å². The summed E-state index contributed by atoms with van der Waals surface area (Å²) in [6.45, 7) is 9.10. The summed E-state index contributed by atoms with van der Waals surface area (Å²) in [5.41, 5.74) is 3.77. The standard InChI is InChI=1S/C19H25NO/c1-15(2)12-20-13-17-8-6-10-19(11-17)21-14-18-9-5-4-7-16(18)3/h4-11,15,20H,12-14H2,1-3H3. The third-order valence-electron chi connectivity index (χ3n) is 3.44. The van der Waals surface area contributed by atoms with Crippen molar-refractivity contribution in [3.63, 3.8) is 0 Å². The zero-order valence-electron chi connectivity index (χ0n) is 13.2. The summed E-state index contributed by atoms with van der Waals surface area (Å²) in [4.78, 5) is 0. The predicted molar refractivity (Wildman–Crippen MR) is 88.5 cm³/mol. The van der Waals surface area contributed by atoms with Crippen molar-refractivity contribution in [2.24, 2.45) is 5.92 Å². The number of nitrogens with one attached hydrogen (secondary N) is 1. The Hall–Kier alpha value is -1.80. The molecule has 2 aromatic carbocycles. The van der Waals surface area contributed by atoms with Gasteiger partial charge in [-0.1, -0.05) is 50.2 Å². The van der Waals surface area contributed by atoms with E-state index in [-0.39, 0.29) is 0 Å². The molecule has 0 fully saturated rings. The maximum absolute atomic E-state index is 5.91. The van der Waals surface area contributed by atoms with E-state index in [9.17, 15) is 0 Å². The van der Waals surface area contributed by atoms with Gasteiger partial charge in [-0.2, -0.15) is 0 Å². The predicted octanol–water partition coefficient (Wildman–Crippen LogP) is 4.32. The number of benzene rings is 2. The molecule has 0 radical (unpaired) electrons. The minimum absolute atomic E-state index is 0.621. The molecule has 0 unspecified atom stereocenters. The molecule has 2 heteroatoms. The first kappa shape index (κ1) is 15.6. The molecule has 0 saturated heterocycles. The highest BCUT2D eigenvalue weighted by Gasteiger charge is 2.01. The Morgan fingerprint density at radius 3 is 2.62 bits per heavy atom. The number of rotatable bonds is 7. The Morgan fingerprint density at radius 2 is 1.86 bits per heavy atom. The van der Waals surface area contributed by atoms with E-state index in [2.05, 4.69) is 68.6 Å². The van der Waals surface area contributed by atoms with Gasteiger partial charge < -0.3 is 10.1 Å². The van der Waals surface area contributed by atoms with Crippen LogP contribution in [-0.2, 0) is 13.2 Å². The van der Waals surface area contributed by atoms with Crippen LogP contribution in [-0.4, -0.2) is 6.54 Å². The van der Waals surface area contributed by atoms with Crippen LogP contribution in [0.1, 0.15) is 30.5 Å². The first-order valence-corrected chi connectivity index (χ1v) is 7.62. The van der Waals surface area contributed by atoms with Gasteiger partial charge in [0.1, 0.15) is 12.4 Å². The second kappa shape index (κ2) is 7.84. The largest absolute Gasteiger partial charge is 0.489 e. The fraction of sp³-hybridized carbons (Fsp3) is 0.368. The van der Waals surface area contributed by atoms with Crippen molar-refractivity contribution in [1.82, 2.24) is 5.32 Å². The highest BCUT2D eigenvalue weighted by atomic mass is 16.5. The summed E-state index contributed by atoms with van der Waals surface area (Å²) in [7, 11) is 0. The summed E-state index contributed by atoms with van der Waals surface area (Å²) in [5, 5.41) is 3.46. The SMILES string of the molecule is Cc1ccccc1COc1cccc(CNCC(C)C)c1. The van der Waals surface area contributed by atoms with E-state index in [1.165, 1.54) is 16.7 Å². The molecule has 2 nitrogen and oxygen atoms in total. The van der Waals surface area contributed by atoms with Crippen molar-refractivity contribution >= 4 is 0 Å². The summed E-state index contributed by atoms with van der Waals surface area (Å²) in [5.74, 6) is 1.60. The van der Waals surface area contributed by atoms with Gasteiger partial charge in [-0.25, -0.2) is 0 Å². The van der Waals surface area contributed by atoms with Crippen LogP contribution in [0.5, 0.6) is 5.75 Å². The molecule has 0 aliphatic heterocycles. The van der Waals surface area contributed by atoms with Crippen LogP contribution in [0.2, 0.25) is 0 Å². The quantitative estimate of drug-likeness (QED) is 0.817. The zero-order valence-corrected chi connectivity index (χ0v) is 13.2. The van der Waals surface area contributed by atoms with Gasteiger partial charge in [0.05, 0.1) is 0 Å². The van der Waals surface area contributed by atoms with E-state index in [1.807, 2.05) is 6.07 Å². The third-order valence-corrected chi connectivity index (χ3v) is 3.44. The minimum atomic E-state index is 0.621. The van der Waals surface area contributed by atoms with Crippen molar-refractivity contribution in [3.05, 3.63) is 65.2 Å². The Kier molecular flexibility index (Phi) is 5.82. The lowest BCUT2D eigenvalue weighted by Crippen LogP contribution is -2.18. The molecule has 0 aromatic heterocycles. The van der Waals surface area contributed by atoms with Gasteiger partial charge in [-0.15, -0.1) is 0 Å². The lowest BCUT2D eigenvalue weighted by molar-refractivity contribution is 0.305. The molecule has 21 heavy (non-hydrogen) atoms. The molecule has 0 aliphatic rings. The minimum Gasteiger partial charge on any atom is -0.489 e. The van der Waals surface area contributed by atoms with Crippen LogP contribution in [0.4, 0.5) is 0 Å². The summed E-state index contributed by atoms with van der Waals surface area (Å²) >= 11 is 0. The van der Waals surface area contributed by atoms with Gasteiger partial charge in [0.2, 0.25) is 0 Å². The van der Waals surface area contributed by atoms with E-state index < -0.39 is 0 Å². The van der Waals surface area contributed by atoms with E-state index in [1.54, 1.807) is 0 Å². The van der Waals surface area contributed by atoms with Crippen LogP contribution in [0.25, 0.3) is 0 Å². The van der Waals surface area contributed by atoms with E-state index in [4.69, 9.17) is 4.74 Å². The van der Waals surface area contributed by atoms with Gasteiger partial charge in [0, 0.05) is 6.54 Å². The van der Waals surface area contributed by atoms with Crippen molar-refractivity contribution in [1.29, 1.82) is 0 Å². The van der Waals surface area contributed by atoms with Gasteiger partial charge in [-0.05, 0) is 48.2 Å². The zero-order chi connectivity index (χ0) is 15.1. The maximum Gasteiger partial charge on any atom is 0.120 e. The average molecular weight is 283 g/mol. The highest BCUT2D eigenvalue weighted by Crippen LogP contribution is 2.16. The topological polar surface area (TPSA) is 21.3 Å². The Bertz CT molecular complexity index is 563. The molecule has 0 saturated carbocycles. The second-order valence-corrected chi connectivity index (χ2v) is 5.89. The molecule has 112 valence electrons. The molecular weight excluding hydrogens is 258 g/mol. The first-order valence-electron chi connectivity index (χ1n) is 7.62. The van der Waals surface area contributed by atoms with Crippen LogP contribution < -0.4 is 10.1 Å². The monoisotopic (exact) mass is 283 g/mol. The number of hydrogen-bond donors (Lipinski definition) is 1. The highest BCUT2D eigenvalue weighted by molar-refractivity contribution is 5.30. The smallest absolute Gasteiger partial charge is 0.120 e. The molecule has 0 heterocycles. The molecule has 2 rings (SSSR count). The molecule has 0 atom stereocenters. The maximum atomic E-state index is 5.91. The van der Waals surface area contributed by atoms with Crippen molar-refractivity contribution in [2.45, 2.75) is 33.9 Å². The lowest BCUT2D eigenvalue weighted by atomic mass is 10.1. The molecular formula is C19H25NO. The van der Waals surface area contributed by atoms with Crippen molar-refractivity contribution in [3.8, 4) is 5.75 Å². The molecule has 1 N–H and O–H groups in total. The Balaban J connectivity index is 1.90.